The molecule has 2 saturated heterocycles. The van der Waals surface area contributed by atoms with E-state index in [1.54, 1.807) is 0 Å². The van der Waals surface area contributed by atoms with E-state index in [1.807, 2.05) is 0 Å². The molecule has 0 aromatic carbocycles. The van der Waals surface area contributed by atoms with Crippen LogP contribution in [0.3, 0.4) is 0 Å². The second-order valence-electron chi connectivity index (χ2n) is 4.68. The van der Waals surface area contributed by atoms with Gasteiger partial charge in [0.05, 0.1) is 6.10 Å². The summed E-state index contributed by atoms with van der Waals surface area (Å²) in [6.07, 6.45) is 6.73. The van der Waals surface area contributed by atoms with Crippen LogP contribution in [-0.2, 0) is 4.74 Å². The lowest BCUT2D eigenvalue weighted by Gasteiger charge is -2.55. The first-order valence-corrected chi connectivity index (χ1v) is 5.23. The normalized spacial score (nSPS) is 56.2. The van der Waals surface area contributed by atoms with Gasteiger partial charge in [0.25, 0.3) is 0 Å². The predicted octanol–water partition coefficient (Wildman–Crippen LogP) is 2.04. The monoisotopic (exact) mass is 187 g/mol. The first-order chi connectivity index (χ1) is 5.80. The zero-order chi connectivity index (χ0) is 8.18. The Morgan fingerprint density at radius 2 is 1.83 bits per heavy atom. The van der Waals surface area contributed by atoms with Crippen molar-refractivity contribution in [3.05, 3.63) is 0 Å². The Balaban J connectivity index is 1.90. The van der Waals surface area contributed by atoms with Crippen LogP contribution in [0, 0.1) is 11.8 Å². The molecule has 2 aliphatic carbocycles. The first kappa shape index (κ1) is 7.60. The topological polar surface area (TPSA) is 21.3 Å². The predicted molar refractivity (Wildman–Crippen MR) is 46.7 cm³/mol. The summed E-state index contributed by atoms with van der Waals surface area (Å²) in [6.45, 7) is 0. The lowest BCUT2D eigenvalue weighted by Crippen LogP contribution is -2.59. The van der Waals surface area contributed by atoms with Crippen molar-refractivity contribution in [3.63, 3.8) is 0 Å². The Hall–Kier alpha value is 0.210. The van der Waals surface area contributed by atoms with Gasteiger partial charge in [-0.15, -0.1) is 0 Å². The second-order valence-corrected chi connectivity index (χ2v) is 4.87. The van der Waals surface area contributed by atoms with Crippen LogP contribution in [0.25, 0.3) is 0 Å². The van der Waals surface area contributed by atoms with E-state index < -0.39 is 0 Å². The van der Waals surface area contributed by atoms with Gasteiger partial charge in [0.15, 0.2) is 0 Å². The van der Waals surface area contributed by atoms with E-state index in [1.165, 1.54) is 19.3 Å². The molecule has 0 aromatic heterocycles. The van der Waals surface area contributed by atoms with Gasteiger partial charge in [-0.1, -0.05) is 0 Å². The molecule has 2 heterocycles. The van der Waals surface area contributed by atoms with Crippen molar-refractivity contribution in [2.75, 3.05) is 0 Å². The maximum atomic E-state index is 5.92. The van der Waals surface area contributed by atoms with Crippen molar-refractivity contribution in [3.8, 4) is 0 Å². The van der Waals surface area contributed by atoms with E-state index in [9.17, 15) is 0 Å². The molecule has 0 radical (unpaired) electrons. The van der Waals surface area contributed by atoms with Crippen LogP contribution < -0.4 is 4.84 Å². The molecule has 4 fully saturated rings. The average molecular weight is 188 g/mol. The Morgan fingerprint density at radius 1 is 1.17 bits per heavy atom. The molecule has 4 rings (SSSR count). The molecular formula is C9H14ClNO. The zero-order valence-electron chi connectivity index (χ0n) is 7.05. The number of rotatable bonds is 1. The Kier molecular flexibility index (Phi) is 1.50. The van der Waals surface area contributed by atoms with E-state index in [0.717, 1.165) is 24.7 Å². The molecule has 0 aromatic rings. The minimum absolute atomic E-state index is 0.143. The largest absolute Gasteiger partial charge is 0.356 e. The van der Waals surface area contributed by atoms with Gasteiger partial charge in [0.1, 0.15) is 5.72 Å². The van der Waals surface area contributed by atoms with Crippen LogP contribution in [-0.4, -0.2) is 11.8 Å². The third-order valence-corrected chi connectivity index (χ3v) is 4.00. The maximum Gasteiger partial charge on any atom is 0.133 e. The number of hydrogen-bond acceptors (Lipinski definition) is 2. The van der Waals surface area contributed by atoms with Crippen molar-refractivity contribution in [2.45, 2.75) is 43.9 Å². The lowest BCUT2D eigenvalue weighted by molar-refractivity contribution is -0.224. The fourth-order valence-corrected chi connectivity index (χ4v) is 3.66. The van der Waals surface area contributed by atoms with Crippen molar-refractivity contribution in [2.24, 2.45) is 11.8 Å². The minimum atomic E-state index is -0.143. The molecule has 3 heteroatoms. The van der Waals surface area contributed by atoms with Crippen molar-refractivity contribution >= 4 is 11.8 Å². The highest BCUT2D eigenvalue weighted by Gasteiger charge is 2.51. The fourth-order valence-electron chi connectivity index (χ4n) is 3.46. The first-order valence-electron chi connectivity index (χ1n) is 4.85. The van der Waals surface area contributed by atoms with Gasteiger partial charge in [0.2, 0.25) is 0 Å². The summed E-state index contributed by atoms with van der Waals surface area (Å²) < 4.78 is 5.92. The van der Waals surface area contributed by atoms with Crippen LogP contribution in [0.15, 0.2) is 0 Å². The van der Waals surface area contributed by atoms with Crippen LogP contribution in [0.2, 0.25) is 0 Å². The minimum Gasteiger partial charge on any atom is -0.356 e. The average Bonchev–Trinajstić information content (AvgIpc) is 2.02. The van der Waals surface area contributed by atoms with Crippen LogP contribution in [0.4, 0.5) is 0 Å². The molecule has 2 nitrogen and oxygen atoms in total. The molecule has 4 bridgehead atoms. The molecule has 2 atom stereocenters. The highest BCUT2D eigenvalue weighted by Crippen LogP contribution is 2.51. The van der Waals surface area contributed by atoms with E-state index in [2.05, 4.69) is 4.84 Å². The highest BCUT2D eigenvalue weighted by atomic mass is 35.5. The molecule has 0 spiro atoms. The van der Waals surface area contributed by atoms with E-state index in [-0.39, 0.29) is 5.72 Å². The van der Waals surface area contributed by atoms with Crippen LogP contribution in [0.5, 0.6) is 0 Å². The molecule has 1 N–H and O–H groups in total. The highest BCUT2D eigenvalue weighted by molar-refractivity contribution is 6.13. The quantitative estimate of drug-likeness (QED) is 0.635. The van der Waals surface area contributed by atoms with Crippen LogP contribution >= 0.6 is 11.8 Å². The summed E-state index contributed by atoms with van der Waals surface area (Å²) in [7, 11) is 0. The van der Waals surface area contributed by atoms with Gasteiger partial charge in [0, 0.05) is 0 Å². The van der Waals surface area contributed by atoms with Gasteiger partial charge in [-0.3, -0.25) is 0 Å². The van der Waals surface area contributed by atoms with Crippen molar-refractivity contribution in [1.82, 2.24) is 4.84 Å². The van der Waals surface area contributed by atoms with Gasteiger partial charge in [-0.05, 0) is 55.7 Å². The SMILES string of the molecule is ClN[C@]12CC3CC(C[C@H](C3)O1)C2. The molecular weight excluding hydrogens is 174 g/mol. The van der Waals surface area contributed by atoms with Crippen LogP contribution in [0.1, 0.15) is 32.1 Å². The van der Waals surface area contributed by atoms with E-state index in [4.69, 9.17) is 16.5 Å². The molecule has 68 valence electrons. The smallest absolute Gasteiger partial charge is 0.133 e. The summed E-state index contributed by atoms with van der Waals surface area (Å²) in [4.78, 5) is 2.86. The molecule has 4 aliphatic rings. The standard InChI is InChI=1S/C9H14ClNO/c10-11-9-4-6-1-7(5-9)3-8(2-6)12-9/h6-8,11H,1-5H2/t6?,7?,8-,9+. The third kappa shape index (κ3) is 0.949. The Labute approximate surface area is 77.7 Å². The molecule has 0 amide bonds. The number of ether oxygens (including phenoxy) is 1. The summed E-state index contributed by atoms with van der Waals surface area (Å²) in [6, 6.07) is 0. The second kappa shape index (κ2) is 2.37. The van der Waals surface area contributed by atoms with Gasteiger partial charge < -0.3 is 4.74 Å². The molecule has 2 aliphatic heterocycles. The molecule has 2 saturated carbocycles. The molecule has 12 heavy (non-hydrogen) atoms. The fraction of sp³-hybridized carbons (Fsp3) is 1.00. The summed E-state index contributed by atoms with van der Waals surface area (Å²) in [5, 5.41) is 0. The Morgan fingerprint density at radius 3 is 2.33 bits per heavy atom. The van der Waals surface area contributed by atoms with E-state index >= 15 is 0 Å². The maximum absolute atomic E-state index is 5.92. The summed E-state index contributed by atoms with van der Waals surface area (Å²) in [5.41, 5.74) is -0.143. The van der Waals surface area contributed by atoms with Crippen molar-refractivity contribution in [1.29, 1.82) is 0 Å². The number of halogens is 1. The molecule has 2 unspecified atom stereocenters. The Bertz CT molecular complexity index is 171. The van der Waals surface area contributed by atoms with Gasteiger partial charge >= 0.3 is 0 Å². The number of hydrogen-bond donors (Lipinski definition) is 1. The van der Waals surface area contributed by atoms with Crippen molar-refractivity contribution < 1.29 is 4.74 Å². The van der Waals surface area contributed by atoms with Gasteiger partial charge in [-0.2, -0.15) is 0 Å². The lowest BCUT2D eigenvalue weighted by atomic mass is 9.65. The third-order valence-electron chi connectivity index (χ3n) is 3.66. The van der Waals surface area contributed by atoms with E-state index in [0.29, 0.717) is 6.10 Å². The zero-order valence-corrected chi connectivity index (χ0v) is 7.81. The summed E-state index contributed by atoms with van der Waals surface area (Å²) in [5.74, 6) is 1.75. The summed E-state index contributed by atoms with van der Waals surface area (Å²) >= 11 is 5.75. The van der Waals surface area contributed by atoms with Gasteiger partial charge in [-0.25, -0.2) is 4.84 Å². The number of nitrogens with one attached hydrogen (secondary N) is 1.